The number of hydrogen-bond donors (Lipinski definition) is 1. The second-order valence-electron chi connectivity index (χ2n) is 3.94. The fourth-order valence-corrected chi connectivity index (χ4v) is 1.80. The highest BCUT2D eigenvalue weighted by Crippen LogP contribution is 2.33. The lowest BCUT2D eigenvalue weighted by atomic mass is 10.2. The zero-order valence-electron chi connectivity index (χ0n) is 10.4. The number of nitrogen functional groups attached to an aromatic ring is 1. The van der Waals surface area contributed by atoms with Gasteiger partial charge in [-0.05, 0) is 12.1 Å². The molecule has 0 aromatic heterocycles. The molecule has 0 saturated carbocycles. The maximum Gasteiger partial charge on any atom is 0.167 e. The summed E-state index contributed by atoms with van der Waals surface area (Å²) in [6.07, 6.45) is 0. The Morgan fingerprint density at radius 2 is 1.83 bits per heavy atom. The van der Waals surface area contributed by atoms with Crippen molar-refractivity contribution in [2.75, 3.05) is 24.8 Å². The van der Waals surface area contributed by atoms with Gasteiger partial charge in [0.2, 0.25) is 0 Å². The first-order chi connectivity index (χ1) is 8.63. The van der Waals surface area contributed by atoms with Gasteiger partial charge >= 0.3 is 0 Å². The number of methoxy groups -OCH3 is 1. The van der Waals surface area contributed by atoms with Crippen LogP contribution < -0.4 is 15.4 Å². The molecule has 0 heterocycles. The normalized spacial score (nSPS) is 10.2. The predicted octanol–water partition coefficient (Wildman–Crippen LogP) is 3.18. The Hall–Kier alpha value is -2.23. The number of benzene rings is 2. The molecule has 3 nitrogen and oxygen atoms in total. The molecule has 18 heavy (non-hydrogen) atoms. The van der Waals surface area contributed by atoms with Crippen LogP contribution in [0.5, 0.6) is 5.75 Å². The van der Waals surface area contributed by atoms with Crippen LogP contribution in [-0.2, 0) is 0 Å². The fourth-order valence-electron chi connectivity index (χ4n) is 1.80. The topological polar surface area (TPSA) is 38.5 Å². The van der Waals surface area contributed by atoms with Crippen LogP contribution >= 0.6 is 0 Å². The lowest BCUT2D eigenvalue weighted by molar-refractivity contribution is 0.387. The Kier molecular flexibility index (Phi) is 3.37. The summed E-state index contributed by atoms with van der Waals surface area (Å²) in [6.45, 7) is 0. The summed E-state index contributed by atoms with van der Waals surface area (Å²) in [4.78, 5) is 1.89. The summed E-state index contributed by atoms with van der Waals surface area (Å²) in [5.41, 5.74) is 7.90. The maximum absolute atomic E-state index is 13.5. The van der Waals surface area contributed by atoms with E-state index in [9.17, 15) is 4.39 Å². The highest BCUT2D eigenvalue weighted by molar-refractivity contribution is 5.75. The number of halogens is 1. The Morgan fingerprint density at radius 1 is 1.17 bits per heavy atom. The molecule has 4 heteroatoms. The minimum absolute atomic E-state index is 0.182. The van der Waals surface area contributed by atoms with Crippen molar-refractivity contribution in [2.24, 2.45) is 0 Å². The fraction of sp³-hybridized carbons (Fsp3) is 0.143. The first kappa shape index (κ1) is 12.2. The third-order valence-electron chi connectivity index (χ3n) is 2.81. The average Bonchev–Trinajstić information content (AvgIpc) is 2.39. The van der Waals surface area contributed by atoms with E-state index in [2.05, 4.69) is 0 Å². The summed E-state index contributed by atoms with van der Waals surface area (Å²) in [7, 11) is 3.30. The van der Waals surface area contributed by atoms with E-state index < -0.39 is 5.82 Å². The SMILES string of the molecule is COc1cc(N(C)c2ccccc2)c(N)cc1F. The van der Waals surface area contributed by atoms with E-state index in [-0.39, 0.29) is 5.75 Å². The number of ether oxygens (including phenoxy) is 1. The number of nitrogens with zero attached hydrogens (tertiary/aromatic N) is 1. The van der Waals surface area contributed by atoms with E-state index in [0.29, 0.717) is 11.4 Å². The van der Waals surface area contributed by atoms with Crippen LogP contribution in [0.4, 0.5) is 21.5 Å². The molecule has 0 aliphatic rings. The standard InChI is InChI=1S/C14H15FN2O/c1-17(10-6-4-3-5-7-10)13-9-14(18-2)11(15)8-12(13)16/h3-9H,16H2,1-2H3. The van der Waals surface area contributed by atoms with E-state index in [1.807, 2.05) is 42.3 Å². The molecule has 0 saturated heterocycles. The van der Waals surface area contributed by atoms with Gasteiger partial charge in [0.15, 0.2) is 11.6 Å². The van der Waals surface area contributed by atoms with Crippen LogP contribution in [0.2, 0.25) is 0 Å². The van der Waals surface area contributed by atoms with Crippen LogP contribution in [0, 0.1) is 5.82 Å². The van der Waals surface area contributed by atoms with Gasteiger partial charge in [0.05, 0.1) is 18.5 Å². The van der Waals surface area contributed by atoms with E-state index in [1.54, 1.807) is 6.07 Å². The van der Waals surface area contributed by atoms with E-state index in [1.165, 1.54) is 13.2 Å². The zero-order valence-corrected chi connectivity index (χ0v) is 10.4. The summed E-state index contributed by atoms with van der Waals surface area (Å²) in [6, 6.07) is 12.6. The van der Waals surface area contributed by atoms with Gasteiger partial charge in [-0.2, -0.15) is 0 Å². The van der Waals surface area contributed by atoms with Gasteiger partial charge in [0.1, 0.15) is 0 Å². The Bertz CT molecular complexity index is 543. The van der Waals surface area contributed by atoms with Crippen LogP contribution in [0.25, 0.3) is 0 Å². The highest BCUT2D eigenvalue weighted by Gasteiger charge is 2.12. The zero-order chi connectivity index (χ0) is 13.1. The Balaban J connectivity index is 2.45. The maximum atomic E-state index is 13.5. The van der Waals surface area contributed by atoms with Gasteiger partial charge in [0.25, 0.3) is 0 Å². The molecule has 0 fully saturated rings. The van der Waals surface area contributed by atoms with Crippen molar-refractivity contribution in [3.8, 4) is 5.75 Å². The first-order valence-corrected chi connectivity index (χ1v) is 5.55. The van der Waals surface area contributed by atoms with Gasteiger partial charge in [-0.15, -0.1) is 0 Å². The van der Waals surface area contributed by atoms with Crippen LogP contribution in [0.3, 0.4) is 0 Å². The van der Waals surface area contributed by atoms with E-state index in [4.69, 9.17) is 10.5 Å². The first-order valence-electron chi connectivity index (χ1n) is 5.55. The Labute approximate surface area is 106 Å². The quantitative estimate of drug-likeness (QED) is 0.845. The van der Waals surface area contributed by atoms with Gasteiger partial charge in [-0.25, -0.2) is 4.39 Å². The molecule has 0 bridgehead atoms. The monoisotopic (exact) mass is 246 g/mol. The van der Waals surface area contributed by atoms with Crippen molar-refractivity contribution < 1.29 is 9.13 Å². The van der Waals surface area contributed by atoms with Gasteiger partial charge in [-0.3, -0.25) is 0 Å². The molecule has 0 unspecified atom stereocenters. The smallest absolute Gasteiger partial charge is 0.167 e. The largest absolute Gasteiger partial charge is 0.494 e. The number of anilines is 3. The van der Waals surface area contributed by atoms with Crippen molar-refractivity contribution in [2.45, 2.75) is 0 Å². The average molecular weight is 246 g/mol. The molecule has 0 radical (unpaired) electrons. The van der Waals surface area contributed by atoms with Crippen molar-refractivity contribution >= 4 is 17.1 Å². The van der Waals surface area contributed by atoms with Crippen molar-refractivity contribution in [3.05, 3.63) is 48.3 Å². The Morgan fingerprint density at radius 3 is 2.44 bits per heavy atom. The van der Waals surface area contributed by atoms with Crippen LogP contribution in [-0.4, -0.2) is 14.2 Å². The molecule has 0 atom stereocenters. The number of para-hydroxylation sites is 1. The molecule has 2 N–H and O–H groups in total. The summed E-state index contributed by atoms with van der Waals surface area (Å²) >= 11 is 0. The molecular formula is C14H15FN2O. The number of hydrogen-bond acceptors (Lipinski definition) is 3. The van der Waals surface area contributed by atoms with Crippen molar-refractivity contribution in [1.82, 2.24) is 0 Å². The second kappa shape index (κ2) is 4.96. The van der Waals surface area contributed by atoms with Gasteiger partial charge in [0, 0.05) is 24.9 Å². The molecule has 0 aliphatic carbocycles. The third-order valence-corrected chi connectivity index (χ3v) is 2.81. The summed E-state index contributed by atoms with van der Waals surface area (Å²) < 4.78 is 18.4. The molecule has 2 rings (SSSR count). The molecule has 2 aromatic carbocycles. The van der Waals surface area contributed by atoms with Gasteiger partial charge in [-0.1, -0.05) is 18.2 Å². The van der Waals surface area contributed by atoms with Crippen LogP contribution in [0.1, 0.15) is 0 Å². The molecule has 0 spiro atoms. The second-order valence-corrected chi connectivity index (χ2v) is 3.94. The van der Waals surface area contributed by atoms with Crippen molar-refractivity contribution in [3.63, 3.8) is 0 Å². The molecular weight excluding hydrogens is 231 g/mol. The highest BCUT2D eigenvalue weighted by atomic mass is 19.1. The van der Waals surface area contributed by atoms with Gasteiger partial charge < -0.3 is 15.4 Å². The molecule has 2 aromatic rings. The molecule has 0 aliphatic heterocycles. The summed E-state index contributed by atoms with van der Waals surface area (Å²) in [5.74, 6) is -0.276. The molecule has 94 valence electrons. The lowest BCUT2D eigenvalue weighted by Gasteiger charge is -2.22. The predicted molar refractivity (Wildman–Crippen MR) is 71.9 cm³/mol. The minimum atomic E-state index is -0.458. The van der Waals surface area contributed by atoms with E-state index >= 15 is 0 Å². The lowest BCUT2D eigenvalue weighted by Crippen LogP contribution is -2.12. The third kappa shape index (κ3) is 2.22. The van der Waals surface area contributed by atoms with Crippen molar-refractivity contribution in [1.29, 1.82) is 0 Å². The van der Waals surface area contributed by atoms with E-state index in [0.717, 1.165) is 5.69 Å². The number of nitrogens with two attached hydrogens (primary N) is 1. The number of rotatable bonds is 3. The minimum Gasteiger partial charge on any atom is -0.494 e. The van der Waals surface area contributed by atoms with Crippen LogP contribution in [0.15, 0.2) is 42.5 Å². The summed E-state index contributed by atoms with van der Waals surface area (Å²) in [5, 5.41) is 0. The molecule has 0 amide bonds.